The molecule has 3 aromatic rings. The molecule has 6 heteroatoms. The molecule has 0 aliphatic carbocycles. The Balaban J connectivity index is 1.86. The van der Waals surface area contributed by atoms with E-state index in [2.05, 4.69) is 4.99 Å². The Labute approximate surface area is 161 Å². The Kier molecular flexibility index (Phi) is 4.51. The van der Waals surface area contributed by atoms with E-state index in [1.807, 2.05) is 0 Å². The van der Waals surface area contributed by atoms with Gasteiger partial charge in [-0.2, -0.15) is 4.99 Å². The van der Waals surface area contributed by atoms with E-state index in [1.54, 1.807) is 91.0 Å². The molecule has 0 N–H and O–H groups in total. The molecule has 1 fully saturated rings. The van der Waals surface area contributed by atoms with Crippen molar-refractivity contribution in [1.29, 1.82) is 0 Å². The van der Waals surface area contributed by atoms with Crippen molar-refractivity contribution >= 4 is 35.1 Å². The van der Waals surface area contributed by atoms with Crippen molar-refractivity contribution in [3.05, 3.63) is 96.6 Å². The fourth-order valence-corrected chi connectivity index (χ4v) is 2.93. The van der Waals surface area contributed by atoms with Crippen LogP contribution in [0.2, 0.25) is 0 Å². The van der Waals surface area contributed by atoms with E-state index in [0.717, 1.165) is 9.80 Å². The molecule has 0 spiro atoms. The molecule has 1 saturated heterocycles. The highest BCUT2D eigenvalue weighted by Crippen LogP contribution is 2.27. The van der Waals surface area contributed by atoms with Crippen LogP contribution in [0.1, 0.15) is 10.4 Å². The summed E-state index contributed by atoms with van der Waals surface area (Å²) in [7, 11) is 0. The van der Waals surface area contributed by atoms with E-state index >= 15 is 0 Å². The summed E-state index contributed by atoms with van der Waals surface area (Å²) in [5.74, 6) is -2.12. The van der Waals surface area contributed by atoms with Gasteiger partial charge in [0.05, 0.1) is 11.4 Å². The Hall–Kier alpha value is -4.06. The number of hydrogen-bond donors (Lipinski definition) is 0. The third kappa shape index (κ3) is 3.07. The van der Waals surface area contributed by atoms with E-state index < -0.39 is 17.7 Å². The Morgan fingerprint density at radius 2 is 1.00 bits per heavy atom. The van der Waals surface area contributed by atoms with Gasteiger partial charge in [0.1, 0.15) is 0 Å². The lowest BCUT2D eigenvalue weighted by molar-refractivity contribution is -0.133. The summed E-state index contributed by atoms with van der Waals surface area (Å²) in [5.41, 5.74) is 1.28. The first-order valence-corrected chi connectivity index (χ1v) is 8.63. The number of rotatable bonds is 3. The number of carbonyl (C=O) groups excluding carboxylic acids is 3. The van der Waals surface area contributed by atoms with Gasteiger partial charge in [-0.25, -0.2) is 9.80 Å². The number of anilines is 2. The maximum absolute atomic E-state index is 12.8. The molecule has 0 saturated carbocycles. The first kappa shape index (κ1) is 17.4. The number of carbonyl (C=O) groups is 3. The number of para-hydroxylation sites is 2. The van der Waals surface area contributed by atoms with Crippen molar-refractivity contribution in [1.82, 2.24) is 0 Å². The monoisotopic (exact) mass is 369 g/mol. The summed E-state index contributed by atoms with van der Waals surface area (Å²) in [4.78, 5) is 44.7. The van der Waals surface area contributed by atoms with Crippen LogP contribution in [0.5, 0.6) is 0 Å². The lowest BCUT2D eigenvalue weighted by atomic mass is 10.2. The molecular formula is C22H15N3O3. The van der Waals surface area contributed by atoms with Crippen LogP contribution in [0, 0.1) is 0 Å². The zero-order valence-electron chi connectivity index (χ0n) is 14.7. The topological polar surface area (TPSA) is 70.0 Å². The number of amides is 3. The zero-order chi connectivity index (χ0) is 19.5. The first-order chi connectivity index (χ1) is 13.7. The molecule has 1 aliphatic rings. The normalized spacial score (nSPS) is 13.8. The predicted molar refractivity (Wildman–Crippen MR) is 106 cm³/mol. The average molecular weight is 369 g/mol. The van der Waals surface area contributed by atoms with Gasteiger partial charge in [0.15, 0.2) is 0 Å². The second-order valence-corrected chi connectivity index (χ2v) is 6.04. The number of nitrogens with zero attached hydrogens (tertiary/aromatic N) is 3. The highest BCUT2D eigenvalue weighted by atomic mass is 16.2. The number of hydrogen-bond acceptors (Lipinski definition) is 3. The van der Waals surface area contributed by atoms with Crippen molar-refractivity contribution in [3.63, 3.8) is 0 Å². The van der Waals surface area contributed by atoms with Crippen LogP contribution in [0.15, 0.2) is 96.0 Å². The number of guanidine groups is 1. The lowest BCUT2D eigenvalue weighted by Crippen LogP contribution is -2.36. The fourth-order valence-electron chi connectivity index (χ4n) is 2.93. The molecule has 4 rings (SSSR count). The highest BCUT2D eigenvalue weighted by Gasteiger charge is 2.45. The molecule has 3 aromatic carbocycles. The summed E-state index contributed by atoms with van der Waals surface area (Å²) in [6.07, 6.45) is 0. The lowest BCUT2D eigenvalue weighted by Gasteiger charge is -2.20. The molecule has 0 radical (unpaired) electrons. The maximum Gasteiger partial charge on any atom is 0.324 e. The van der Waals surface area contributed by atoms with Crippen molar-refractivity contribution in [2.24, 2.45) is 4.99 Å². The SMILES string of the molecule is O=C(N=C1N(c2ccccc2)C(=O)C(=O)N1c1ccccc1)c1ccccc1. The van der Waals surface area contributed by atoms with Crippen LogP contribution in [0.4, 0.5) is 11.4 Å². The smallest absolute Gasteiger partial charge is 0.267 e. The Bertz CT molecular complexity index is 1000. The van der Waals surface area contributed by atoms with Crippen LogP contribution in [0.25, 0.3) is 0 Å². The maximum atomic E-state index is 12.8. The molecule has 0 unspecified atom stereocenters. The second kappa shape index (κ2) is 7.28. The third-order valence-corrected chi connectivity index (χ3v) is 4.24. The standard InChI is InChI=1S/C22H15N3O3/c26-19(16-10-4-1-5-11-16)23-22-24(17-12-6-2-7-13-17)20(27)21(28)25(22)18-14-8-3-9-15-18/h1-15H. The molecule has 3 amide bonds. The van der Waals surface area contributed by atoms with E-state index in [1.165, 1.54) is 0 Å². The molecule has 1 aliphatic heterocycles. The minimum Gasteiger partial charge on any atom is -0.267 e. The van der Waals surface area contributed by atoms with Crippen LogP contribution in [-0.4, -0.2) is 23.7 Å². The van der Waals surface area contributed by atoms with Gasteiger partial charge in [-0.3, -0.25) is 14.4 Å². The van der Waals surface area contributed by atoms with Crippen LogP contribution >= 0.6 is 0 Å². The second-order valence-electron chi connectivity index (χ2n) is 6.04. The molecule has 1 heterocycles. The summed E-state index contributed by atoms with van der Waals surface area (Å²) in [6.45, 7) is 0. The van der Waals surface area contributed by atoms with E-state index in [-0.39, 0.29) is 5.96 Å². The van der Waals surface area contributed by atoms with Gasteiger partial charge < -0.3 is 0 Å². The van der Waals surface area contributed by atoms with Crippen molar-refractivity contribution in [2.45, 2.75) is 0 Å². The first-order valence-electron chi connectivity index (χ1n) is 8.63. The average Bonchev–Trinajstić information content (AvgIpc) is 2.99. The molecule has 0 atom stereocenters. The van der Waals surface area contributed by atoms with E-state index in [9.17, 15) is 14.4 Å². The summed E-state index contributed by atoms with van der Waals surface area (Å²) >= 11 is 0. The third-order valence-electron chi connectivity index (χ3n) is 4.24. The molecule has 6 nitrogen and oxygen atoms in total. The van der Waals surface area contributed by atoms with Crippen molar-refractivity contribution in [3.8, 4) is 0 Å². The fraction of sp³-hybridized carbons (Fsp3) is 0. The number of benzene rings is 3. The Morgan fingerprint density at radius 1 is 0.607 bits per heavy atom. The van der Waals surface area contributed by atoms with Gasteiger partial charge in [0.25, 0.3) is 5.91 Å². The van der Waals surface area contributed by atoms with E-state index in [4.69, 9.17) is 0 Å². The number of aliphatic imine (C=N–C) groups is 1. The van der Waals surface area contributed by atoms with Gasteiger partial charge in [-0.1, -0.05) is 54.6 Å². The van der Waals surface area contributed by atoms with Crippen LogP contribution < -0.4 is 9.80 Å². The highest BCUT2D eigenvalue weighted by molar-refractivity contribution is 6.61. The minimum absolute atomic E-state index is 0.0405. The van der Waals surface area contributed by atoms with Gasteiger partial charge >= 0.3 is 11.8 Å². The summed E-state index contributed by atoms with van der Waals surface area (Å²) < 4.78 is 0. The molecule has 0 bridgehead atoms. The van der Waals surface area contributed by atoms with Gasteiger partial charge in [0, 0.05) is 5.56 Å². The molecule has 0 aromatic heterocycles. The Morgan fingerprint density at radius 3 is 1.43 bits per heavy atom. The van der Waals surface area contributed by atoms with Gasteiger partial charge in [-0.15, -0.1) is 0 Å². The van der Waals surface area contributed by atoms with E-state index in [0.29, 0.717) is 16.9 Å². The van der Waals surface area contributed by atoms with Crippen LogP contribution in [-0.2, 0) is 9.59 Å². The summed E-state index contributed by atoms with van der Waals surface area (Å²) in [5, 5.41) is 0. The van der Waals surface area contributed by atoms with Crippen LogP contribution in [0.3, 0.4) is 0 Å². The molecule has 136 valence electrons. The summed E-state index contributed by atoms with van der Waals surface area (Å²) in [6, 6.07) is 25.8. The van der Waals surface area contributed by atoms with Gasteiger partial charge in [0.2, 0.25) is 5.96 Å². The zero-order valence-corrected chi connectivity index (χ0v) is 14.7. The molecular weight excluding hydrogens is 354 g/mol. The largest absolute Gasteiger partial charge is 0.324 e. The van der Waals surface area contributed by atoms with Crippen molar-refractivity contribution < 1.29 is 14.4 Å². The molecule has 28 heavy (non-hydrogen) atoms. The quantitative estimate of drug-likeness (QED) is 0.666. The predicted octanol–water partition coefficient (Wildman–Crippen LogP) is 3.26. The van der Waals surface area contributed by atoms with Crippen molar-refractivity contribution in [2.75, 3.05) is 9.80 Å². The van der Waals surface area contributed by atoms with Gasteiger partial charge in [-0.05, 0) is 36.4 Å². The minimum atomic E-state index is -0.769.